The summed E-state index contributed by atoms with van der Waals surface area (Å²) in [4.78, 5) is 168. The van der Waals surface area contributed by atoms with E-state index in [2.05, 4.69) is 0 Å². The Balaban J connectivity index is 0.0000594. The van der Waals surface area contributed by atoms with E-state index in [-0.39, 0.29) is 45.0 Å². The molecule has 0 aliphatic carbocycles. The summed E-state index contributed by atoms with van der Waals surface area (Å²) in [6.45, 7) is -15.7. The van der Waals surface area contributed by atoms with Crippen LogP contribution in [0.15, 0.2) is 42.5 Å². The molecule has 0 fully saturated rings. The molecule has 0 spiro atoms. The van der Waals surface area contributed by atoms with Gasteiger partial charge in [-0.3, -0.25) is 52.7 Å². The van der Waals surface area contributed by atoms with E-state index in [1.165, 1.54) is 6.07 Å². The first-order chi connectivity index (χ1) is 50.2. The average Bonchev–Trinajstić information content (AvgIpc) is 0.813. The van der Waals surface area contributed by atoms with Crippen LogP contribution in [0.1, 0.15) is 93.4 Å². The van der Waals surface area contributed by atoms with Crippen molar-refractivity contribution in [3.05, 3.63) is 48.0 Å². The molecule has 2 rings (SSSR count). The van der Waals surface area contributed by atoms with Gasteiger partial charge >= 0.3 is 101 Å². The van der Waals surface area contributed by atoms with Gasteiger partial charge in [0.25, 0.3) is 0 Å². The number of hydrogen-bond donors (Lipinski definition) is 13. The SMILES string of the molecule is CC(C)(COC(=O)C(C)(CO)CO)C(=O)OCC(COC(=O)C(C)(COC(=O)C(C)(CO)CO)COC(=O)C(C)(CO)CO)(COC(=O)C(C)(COC(=O)C(C)(CO)CO)COC(=O)C(C)(CO)CO)COC(=O)C(C)(COC(=O)C(C)(CO)CO)COC(=O)C(C)(CO)COC(=O)c1cccc2ccccc12.[Na+].[PH2-]. The van der Waals surface area contributed by atoms with Gasteiger partial charge in [0.15, 0.2) is 0 Å². The minimum absolute atomic E-state index is 0. The van der Waals surface area contributed by atoms with Crippen LogP contribution in [0.25, 0.3) is 10.8 Å². The maximum atomic E-state index is 15.2. The second-order valence-corrected chi connectivity index (χ2v) is 30.5. The molecule has 620 valence electrons. The van der Waals surface area contributed by atoms with Crippen LogP contribution in [-0.4, -0.2) is 303 Å². The Morgan fingerprint density at radius 3 is 0.709 bits per heavy atom. The first-order valence-corrected chi connectivity index (χ1v) is 33.6. The van der Waals surface area contributed by atoms with E-state index in [0.717, 1.165) is 83.1 Å². The van der Waals surface area contributed by atoms with Crippen LogP contribution in [0.4, 0.5) is 0 Å². The number of ether oxygens (including phenoxy) is 12. The zero-order valence-electron chi connectivity index (χ0n) is 64.4. The standard InChI is InChI=1S/C71H106O37.Na.H2P/c1-60(2,33-98-50(87)61(3,20-72)21-73)49(86)105-41-71(42-106-57(94)68(10,35-99-51(88)62(4,22-74)23-75)36-100-52(89)63(5,24-76)25-77,43-107-58(95)69(11,37-101-53(90)64(6,26-78)27-79)38-102-54(91)65(7,28-80)29-81)44-108-59(96)70(12,39-103-55(92)66(8,30-82)31-83)40-104-56(93)67(9,32-84)34-97-48(85)47-19-15-17-45-16-13-14-18-46(45)47;;/h13-19,72-84H,20-44H2,1-12H3;;1H2/q;+1;-1. The Morgan fingerprint density at radius 2 is 0.445 bits per heavy atom. The second kappa shape index (κ2) is 44.1. The van der Waals surface area contributed by atoms with E-state index >= 15 is 14.4 Å². The molecule has 39 heteroatoms. The molecule has 0 saturated heterocycles. The Morgan fingerprint density at radius 1 is 0.245 bits per heavy atom. The third-order valence-electron chi connectivity index (χ3n) is 18.3. The quantitative estimate of drug-likeness (QED) is 0.0127. The van der Waals surface area contributed by atoms with Crippen LogP contribution < -0.4 is 29.6 Å². The van der Waals surface area contributed by atoms with Gasteiger partial charge < -0.3 is 133 Å². The summed E-state index contributed by atoms with van der Waals surface area (Å²) in [6, 6.07) is 11.4. The summed E-state index contributed by atoms with van der Waals surface area (Å²) < 4.78 is 66.8. The Hall–Kier alpha value is -6.75. The summed E-state index contributed by atoms with van der Waals surface area (Å²) in [5.41, 5.74) is -26.8. The van der Waals surface area contributed by atoms with Gasteiger partial charge in [0, 0.05) is 0 Å². The molecule has 37 nitrogen and oxygen atoms in total. The topological polar surface area (TPSA) is 579 Å². The zero-order chi connectivity index (χ0) is 82.8. The molecule has 0 bridgehead atoms. The molecular formula is C71H108NaO37P. The van der Waals surface area contributed by atoms with Gasteiger partial charge in [-0.25, -0.2) is 4.79 Å². The fourth-order valence-electron chi connectivity index (χ4n) is 8.14. The van der Waals surface area contributed by atoms with Gasteiger partial charge in [-0.15, -0.1) is 0 Å². The number of aliphatic hydroxyl groups is 13. The number of rotatable bonds is 49. The van der Waals surface area contributed by atoms with Crippen molar-refractivity contribution in [2.75, 3.05) is 165 Å². The van der Waals surface area contributed by atoms with Crippen molar-refractivity contribution < 1.29 is 210 Å². The monoisotopic (exact) mass is 1610 g/mol. The molecule has 0 aliphatic rings. The first-order valence-electron chi connectivity index (χ1n) is 33.6. The van der Waals surface area contributed by atoms with Gasteiger partial charge in [0.2, 0.25) is 0 Å². The van der Waals surface area contributed by atoms with Crippen LogP contribution in [-0.2, 0) is 110 Å². The molecule has 110 heavy (non-hydrogen) atoms. The Labute approximate surface area is 660 Å². The molecular weight excluding hydrogens is 1500 g/mol. The van der Waals surface area contributed by atoms with Crippen molar-refractivity contribution >= 4 is 92.3 Å². The van der Waals surface area contributed by atoms with Crippen LogP contribution in [0.5, 0.6) is 0 Å². The summed E-state index contributed by atoms with van der Waals surface area (Å²) in [5.74, 6) is -16.7. The third-order valence-corrected chi connectivity index (χ3v) is 18.3. The minimum atomic E-state index is -2.72. The van der Waals surface area contributed by atoms with Crippen LogP contribution >= 0.6 is 9.90 Å². The molecule has 0 aromatic heterocycles. The van der Waals surface area contributed by atoms with E-state index in [4.69, 9.17) is 56.8 Å². The maximum Gasteiger partial charge on any atom is 1.00 e. The maximum absolute atomic E-state index is 15.2. The molecule has 0 heterocycles. The van der Waals surface area contributed by atoms with Crippen molar-refractivity contribution in [2.45, 2.75) is 83.1 Å². The molecule has 0 saturated carbocycles. The Kier molecular flexibility index (Phi) is 41.4. The first kappa shape index (κ1) is 103. The molecule has 0 aliphatic heterocycles. The van der Waals surface area contributed by atoms with Crippen molar-refractivity contribution in [1.29, 1.82) is 0 Å². The number of hydrogen-bond acceptors (Lipinski definition) is 37. The number of aliphatic hydroxyl groups excluding tert-OH is 13. The van der Waals surface area contributed by atoms with E-state index < -0.39 is 302 Å². The molecule has 2 atom stereocenters. The van der Waals surface area contributed by atoms with Crippen LogP contribution in [0.2, 0.25) is 0 Å². The molecule has 2 unspecified atom stereocenters. The molecule has 2 aromatic carbocycles. The number of carbonyl (C=O) groups is 12. The fourth-order valence-corrected chi connectivity index (χ4v) is 8.14. The molecule has 13 N–H and O–H groups in total. The van der Waals surface area contributed by atoms with Gasteiger partial charge in [-0.1, -0.05) is 36.4 Å². The largest absolute Gasteiger partial charge is 1.00 e. The minimum Gasteiger partial charge on any atom is -0.577 e. The van der Waals surface area contributed by atoms with Crippen molar-refractivity contribution in [3.8, 4) is 0 Å². The van der Waals surface area contributed by atoms with Crippen LogP contribution in [0, 0.1) is 65.0 Å². The summed E-state index contributed by atoms with van der Waals surface area (Å²) >= 11 is 0. The summed E-state index contributed by atoms with van der Waals surface area (Å²) in [6.07, 6.45) is 0. The van der Waals surface area contributed by atoms with Crippen LogP contribution in [0.3, 0.4) is 0 Å². The van der Waals surface area contributed by atoms with E-state index in [9.17, 15) is 110 Å². The average molecular weight is 1610 g/mol. The molecule has 2 aromatic rings. The number of carbonyl (C=O) groups excluding carboxylic acids is 12. The van der Waals surface area contributed by atoms with Crippen molar-refractivity contribution in [3.63, 3.8) is 0 Å². The third kappa shape index (κ3) is 26.7. The second-order valence-electron chi connectivity index (χ2n) is 30.5. The Bertz CT molecular complexity index is 3240. The predicted octanol–water partition coefficient (Wildman–Crippen LogP) is -5.72. The van der Waals surface area contributed by atoms with Gasteiger partial charge in [-0.05, 0) is 99.9 Å². The van der Waals surface area contributed by atoms with Gasteiger partial charge in [-0.2, -0.15) is 0 Å². The van der Waals surface area contributed by atoms with Gasteiger partial charge in [0.1, 0.15) is 139 Å². The van der Waals surface area contributed by atoms with E-state index in [0.29, 0.717) is 10.8 Å². The normalized spacial score (nSPS) is 13.6. The number of fused-ring (bicyclic) bond motifs is 1. The number of benzene rings is 2. The van der Waals surface area contributed by atoms with E-state index in [1.807, 2.05) is 0 Å². The van der Waals surface area contributed by atoms with Crippen molar-refractivity contribution in [1.82, 2.24) is 0 Å². The molecule has 0 amide bonds. The zero-order valence-corrected chi connectivity index (χ0v) is 67.6. The van der Waals surface area contributed by atoms with Crippen molar-refractivity contribution in [2.24, 2.45) is 65.0 Å². The fraction of sp³-hybridized carbons (Fsp3) is 0.690. The summed E-state index contributed by atoms with van der Waals surface area (Å²) in [5, 5.41) is 132. The summed E-state index contributed by atoms with van der Waals surface area (Å²) in [7, 11) is 0. The smallest absolute Gasteiger partial charge is 0.577 e. The molecule has 0 radical (unpaired) electrons. The number of esters is 12. The predicted molar refractivity (Wildman–Crippen MR) is 374 cm³/mol. The van der Waals surface area contributed by atoms with Gasteiger partial charge in [0.05, 0.1) is 96.9 Å². The van der Waals surface area contributed by atoms with E-state index in [1.54, 1.807) is 36.4 Å².